The van der Waals surface area contributed by atoms with Gasteiger partial charge in [-0.1, -0.05) is 34.1 Å². The highest BCUT2D eigenvalue weighted by molar-refractivity contribution is 7.08. The van der Waals surface area contributed by atoms with E-state index in [1.807, 2.05) is 21.7 Å². The van der Waals surface area contributed by atoms with Gasteiger partial charge in [0.25, 0.3) is 11.8 Å². The molecule has 0 bridgehead atoms. The fourth-order valence-electron chi connectivity index (χ4n) is 3.45. The molecule has 1 amide bonds. The standard InChI is InChI=1S/C20H18N6O2S/c1-12-3-4-13(2)15(9-12)10-25-6-7-26-17(20(25)27)16(22-24-26)19-21-18(23-28-19)14-5-8-29-11-14/h3-5,8-9,11H,6-7,10H2,1-2H3. The number of aromatic nitrogens is 5. The van der Waals surface area contributed by atoms with Gasteiger partial charge in [0.2, 0.25) is 5.82 Å². The third kappa shape index (κ3) is 3.13. The Morgan fingerprint density at radius 1 is 1.21 bits per heavy atom. The number of rotatable bonds is 4. The van der Waals surface area contributed by atoms with Crippen LogP contribution in [-0.4, -0.2) is 42.5 Å². The summed E-state index contributed by atoms with van der Waals surface area (Å²) in [6.07, 6.45) is 0. The first-order valence-corrected chi connectivity index (χ1v) is 10.2. The van der Waals surface area contributed by atoms with E-state index in [-0.39, 0.29) is 11.8 Å². The molecule has 29 heavy (non-hydrogen) atoms. The zero-order valence-electron chi connectivity index (χ0n) is 16.0. The Morgan fingerprint density at radius 2 is 2.10 bits per heavy atom. The predicted octanol–water partition coefficient (Wildman–Crippen LogP) is 3.33. The first-order valence-electron chi connectivity index (χ1n) is 9.25. The zero-order valence-corrected chi connectivity index (χ0v) is 16.8. The number of hydrogen-bond donors (Lipinski definition) is 0. The van der Waals surface area contributed by atoms with Crippen LogP contribution in [0, 0.1) is 13.8 Å². The minimum absolute atomic E-state index is 0.132. The van der Waals surface area contributed by atoms with Gasteiger partial charge in [-0.05, 0) is 36.4 Å². The lowest BCUT2D eigenvalue weighted by Crippen LogP contribution is -2.40. The van der Waals surface area contributed by atoms with Gasteiger partial charge in [0.05, 0.1) is 6.54 Å². The second-order valence-corrected chi connectivity index (χ2v) is 7.88. The van der Waals surface area contributed by atoms with Crippen LogP contribution in [0.15, 0.2) is 39.5 Å². The van der Waals surface area contributed by atoms with Gasteiger partial charge in [0, 0.05) is 24.0 Å². The van der Waals surface area contributed by atoms with Gasteiger partial charge in [-0.3, -0.25) is 4.79 Å². The van der Waals surface area contributed by atoms with Crippen molar-refractivity contribution in [2.75, 3.05) is 6.54 Å². The van der Waals surface area contributed by atoms with Crippen LogP contribution in [-0.2, 0) is 13.1 Å². The van der Waals surface area contributed by atoms with Crippen molar-refractivity contribution in [3.63, 3.8) is 0 Å². The van der Waals surface area contributed by atoms with Crippen molar-refractivity contribution >= 4 is 17.2 Å². The summed E-state index contributed by atoms with van der Waals surface area (Å²) in [6.45, 7) is 5.81. The van der Waals surface area contributed by atoms with E-state index in [4.69, 9.17) is 4.52 Å². The Kier molecular flexibility index (Phi) is 4.24. The SMILES string of the molecule is Cc1ccc(C)c(CN2CCn3nnc(-c4nc(-c5ccsc5)no4)c3C2=O)c1. The fourth-order valence-corrected chi connectivity index (χ4v) is 4.08. The van der Waals surface area contributed by atoms with Gasteiger partial charge >= 0.3 is 0 Å². The van der Waals surface area contributed by atoms with Crippen molar-refractivity contribution in [3.05, 3.63) is 57.4 Å². The first-order chi connectivity index (χ1) is 14.1. The maximum atomic E-state index is 13.2. The Balaban J connectivity index is 1.46. The van der Waals surface area contributed by atoms with Crippen molar-refractivity contribution in [3.8, 4) is 23.0 Å². The molecule has 4 aromatic rings. The number of carbonyl (C=O) groups is 1. The molecule has 0 aliphatic carbocycles. The van der Waals surface area contributed by atoms with E-state index in [0.717, 1.165) is 16.7 Å². The maximum absolute atomic E-state index is 13.2. The van der Waals surface area contributed by atoms with E-state index in [2.05, 4.69) is 52.5 Å². The monoisotopic (exact) mass is 406 g/mol. The molecule has 1 aliphatic rings. The smallest absolute Gasteiger partial charge is 0.281 e. The highest BCUT2D eigenvalue weighted by Crippen LogP contribution is 2.27. The van der Waals surface area contributed by atoms with Crippen LogP contribution >= 0.6 is 11.3 Å². The predicted molar refractivity (Wildman–Crippen MR) is 107 cm³/mol. The Bertz CT molecular complexity index is 1190. The summed E-state index contributed by atoms with van der Waals surface area (Å²) in [5.74, 6) is 0.542. The number of hydrogen-bond acceptors (Lipinski definition) is 7. The third-order valence-electron chi connectivity index (χ3n) is 5.08. The number of fused-ring (bicyclic) bond motifs is 1. The molecular formula is C20H18N6O2S. The summed E-state index contributed by atoms with van der Waals surface area (Å²) in [5, 5.41) is 16.2. The molecule has 1 aromatic carbocycles. The first kappa shape index (κ1) is 17.7. The summed E-state index contributed by atoms with van der Waals surface area (Å²) >= 11 is 1.55. The maximum Gasteiger partial charge on any atom is 0.281 e. The molecular weight excluding hydrogens is 388 g/mol. The van der Waals surface area contributed by atoms with Crippen LogP contribution < -0.4 is 0 Å². The Labute approximate surface area is 170 Å². The molecule has 3 aromatic heterocycles. The van der Waals surface area contributed by atoms with Crippen molar-refractivity contribution in [1.29, 1.82) is 0 Å². The molecule has 8 nitrogen and oxygen atoms in total. The topological polar surface area (TPSA) is 89.9 Å². The Morgan fingerprint density at radius 3 is 2.93 bits per heavy atom. The van der Waals surface area contributed by atoms with E-state index in [9.17, 15) is 4.79 Å². The van der Waals surface area contributed by atoms with Crippen molar-refractivity contribution in [1.82, 2.24) is 30.0 Å². The number of thiophene rings is 1. The van der Waals surface area contributed by atoms with E-state index < -0.39 is 0 Å². The summed E-state index contributed by atoms with van der Waals surface area (Å²) < 4.78 is 7.01. The molecule has 0 N–H and O–H groups in total. The average Bonchev–Trinajstić information content (AvgIpc) is 3.45. The molecule has 146 valence electrons. The molecule has 0 saturated heterocycles. The molecule has 1 aliphatic heterocycles. The van der Waals surface area contributed by atoms with Crippen LogP contribution in [0.2, 0.25) is 0 Å². The largest absolute Gasteiger partial charge is 0.332 e. The third-order valence-corrected chi connectivity index (χ3v) is 5.76. The normalized spacial score (nSPS) is 13.7. The van der Waals surface area contributed by atoms with Gasteiger partial charge in [-0.25, -0.2) is 4.68 Å². The highest BCUT2D eigenvalue weighted by atomic mass is 32.1. The van der Waals surface area contributed by atoms with Gasteiger partial charge in [-0.15, -0.1) is 5.10 Å². The summed E-state index contributed by atoms with van der Waals surface area (Å²) in [4.78, 5) is 19.5. The number of carbonyl (C=O) groups excluding carboxylic acids is 1. The molecule has 5 rings (SSSR count). The second-order valence-electron chi connectivity index (χ2n) is 7.10. The lowest BCUT2D eigenvalue weighted by molar-refractivity contribution is 0.0683. The van der Waals surface area contributed by atoms with E-state index in [1.54, 1.807) is 16.0 Å². The molecule has 4 heterocycles. The molecule has 0 unspecified atom stereocenters. The molecule has 0 saturated carbocycles. The molecule has 0 spiro atoms. The molecule has 9 heteroatoms. The molecule has 0 fully saturated rings. The van der Waals surface area contributed by atoms with E-state index >= 15 is 0 Å². The number of benzene rings is 1. The van der Waals surface area contributed by atoms with Crippen LogP contribution in [0.5, 0.6) is 0 Å². The minimum atomic E-state index is -0.132. The van der Waals surface area contributed by atoms with E-state index in [0.29, 0.717) is 36.8 Å². The Hall–Kier alpha value is -3.33. The van der Waals surface area contributed by atoms with Crippen molar-refractivity contribution in [2.24, 2.45) is 0 Å². The van der Waals surface area contributed by atoms with Crippen molar-refractivity contribution in [2.45, 2.75) is 26.9 Å². The van der Waals surface area contributed by atoms with Gasteiger partial charge in [0.1, 0.15) is 0 Å². The average molecular weight is 406 g/mol. The lowest BCUT2D eigenvalue weighted by atomic mass is 10.0. The summed E-state index contributed by atoms with van der Waals surface area (Å²) in [5.41, 5.74) is 5.07. The number of nitrogens with zero attached hydrogens (tertiary/aromatic N) is 6. The van der Waals surface area contributed by atoms with Crippen LogP contribution in [0.1, 0.15) is 27.2 Å². The highest BCUT2D eigenvalue weighted by Gasteiger charge is 2.33. The number of aryl methyl sites for hydroxylation is 2. The van der Waals surface area contributed by atoms with E-state index in [1.165, 1.54) is 5.56 Å². The summed E-state index contributed by atoms with van der Waals surface area (Å²) in [7, 11) is 0. The quantitative estimate of drug-likeness (QED) is 0.516. The summed E-state index contributed by atoms with van der Waals surface area (Å²) in [6, 6.07) is 8.20. The second kappa shape index (κ2) is 6.93. The zero-order chi connectivity index (χ0) is 20.0. The van der Waals surface area contributed by atoms with Crippen LogP contribution in [0.4, 0.5) is 0 Å². The van der Waals surface area contributed by atoms with Gasteiger partial charge < -0.3 is 9.42 Å². The van der Waals surface area contributed by atoms with Crippen LogP contribution in [0.3, 0.4) is 0 Å². The molecule has 0 radical (unpaired) electrons. The lowest BCUT2D eigenvalue weighted by Gasteiger charge is -2.28. The van der Waals surface area contributed by atoms with Crippen LogP contribution in [0.25, 0.3) is 23.0 Å². The van der Waals surface area contributed by atoms with Gasteiger partial charge in [-0.2, -0.15) is 16.3 Å². The minimum Gasteiger partial charge on any atom is -0.332 e. The van der Waals surface area contributed by atoms with Gasteiger partial charge in [0.15, 0.2) is 11.4 Å². The number of amides is 1. The molecule has 0 atom stereocenters. The fraction of sp³-hybridized carbons (Fsp3) is 0.250. The van der Waals surface area contributed by atoms with Crippen molar-refractivity contribution < 1.29 is 9.32 Å².